The van der Waals surface area contributed by atoms with Gasteiger partial charge in [0.1, 0.15) is 12.4 Å². The topological polar surface area (TPSA) is 68.7 Å². The van der Waals surface area contributed by atoms with Crippen LogP contribution in [0.15, 0.2) is 53.9 Å². The van der Waals surface area contributed by atoms with Crippen molar-refractivity contribution in [2.75, 3.05) is 12.0 Å². The Morgan fingerprint density at radius 1 is 1.09 bits per heavy atom. The minimum Gasteiger partial charge on any atom is -0.495 e. The Hall–Kier alpha value is -3.40. The molecule has 0 N–H and O–H groups in total. The maximum absolute atomic E-state index is 12.6. The third-order valence-corrected chi connectivity index (χ3v) is 5.26. The Morgan fingerprint density at radius 3 is 2.41 bits per heavy atom. The molecule has 0 saturated carbocycles. The predicted molar refractivity (Wildman–Crippen MR) is 113 cm³/mol. The van der Waals surface area contributed by atoms with Crippen molar-refractivity contribution in [3.05, 3.63) is 70.7 Å². The number of methoxy groups -OCH3 is 1. The molecule has 168 valence electrons. The average Bonchev–Trinajstić information content (AvgIpc) is 3.20. The molecule has 0 saturated heterocycles. The van der Waals surface area contributed by atoms with Crippen molar-refractivity contribution in [2.45, 2.75) is 26.1 Å². The molecule has 3 rings (SSSR count). The van der Waals surface area contributed by atoms with E-state index in [2.05, 4.69) is 4.98 Å². The summed E-state index contributed by atoms with van der Waals surface area (Å²) in [6.45, 7) is 1.27. The van der Waals surface area contributed by atoms with Gasteiger partial charge in [0, 0.05) is 12.3 Å². The largest absolute Gasteiger partial charge is 0.495 e. The van der Waals surface area contributed by atoms with Gasteiger partial charge in [-0.05, 0) is 29.8 Å². The zero-order chi connectivity index (χ0) is 23.3. The second kappa shape index (κ2) is 9.82. The second-order valence-electron chi connectivity index (χ2n) is 6.68. The van der Waals surface area contributed by atoms with Crippen molar-refractivity contribution in [1.29, 1.82) is 0 Å². The summed E-state index contributed by atoms with van der Waals surface area (Å²) in [5.41, 5.74) is 0.588. The normalized spacial score (nSPS) is 11.2. The summed E-state index contributed by atoms with van der Waals surface area (Å²) in [4.78, 5) is 30.1. The van der Waals surface area contributed by atoms with Gasteiger partial charge in [0.15, 0.2) is 5.13 Å². The van der Waals surface area contributed by atoms with E-state index < -0.39 is 17.7 Å². The fourth-order valence-electron chi connectivity index (χ4n) is 2.87. The van der Waals surface area contributed by atoms with Crippen LogP contribution in [0.2, 0.25) is 0 Å². The summed E-state index contributed by atoms with van der Waals surface area (Å²) in [6, 6.07) is 11.3. The van der Waals surface area contributed by atoms with Crippen LogP contribution >= 0.6 is 11.3 Å². The highest BCUT2D eigenvalue weighted by atomic mass is 32.1. The summed E-state index contributed by atoms with van der Waals surface area (Å²) in [6.07, 6.45) is -4.60. The molecular weight excluding hydrogens is 445 g/mol. The number of esters is 1. The zero-order valence-corrected chi connectivity index (χ0v) is 18.0. The molecular formula is C22H19F3N2O4S. The lowest BCUT2D eigenvalue weighted by Crippen LogP contribution is -2.23. The molecule has 1 aromatic heterocycles. The van der Waals surface area contributed by atoms with Gasteiger partial charge in [-0.3, -0.25) is 14.5 Å². The van der Waals surface area contributed by atoms with Gasteiger partial charge in [-0.15, -0.1) is 11.3 Å². The fourth-order valence-corrected chi connectivity index (χ4v) is 3.74. The predicted octanol–water partition coefficient (Wildman–Crippen LogP) is 5.14. The number of benzene rings is 2. The summed E-state index contributed by atoms with van der Waals surface area (Å²) in [7, 11) is 1.50. The van der Waals surface area contributed by atoms with Crippen molar-refractivity contribution in [1.82, 2.24) is 4.98 Å². The molecule has 0 aliphatic heterocycles. The van der Waals surface area contributed by atoms with Gasteiger partial charge >= 0.3 is 12.1 Å². The average molecular weight is 464 g/mol. The molecule has 0 fully saturated rings. The quantitative estimate of drug-likeness (QED) is 0.453. The first kappa shape index (κ1) is 23.3. The van der Waals surface area contributed by atoms with Crippen LogP contribution in [0.1, 0.15) is 23.7 Å². The lowest BCUT2D eigenvalue weighted by molar-refractivity contribution is -0.144. The highest BCUT2D eigenvalue weighted by Gasteiger charge is 2.30. The maximum atomic E-state index is 12.6. The van der Waals surface area contributed by atoms with E-state index in [1.807, 2.05) is 0 Å². The molecule has 2 aromatic carbocycles. The molecule has 1 heterocycles. The Labute approximate surface area is 186 Å². The number of aromatic nitrogens is 1. The standard InChI is InChI=1S/C22H19F3N2O4S/c1-14(28)27(18-5-3-4-6-19(18)30-2)21-26-17(13-32-21)12-31-20(29)11-15-7-9-16(10-8-15)22(23,24)25/h3-10,13H,11-12H2,1-2H3. The number of hydrogen-bond donors (Lipinski definition) is 0. The van der Waals surface area contributed by atoms with Gasteiger partial charge < -0.3 is 9.47 Å². The van der Waals surface area contributed by atoms with Crippen molar-refractivity contribution in [3.8, 4) is 5.75 Å². The van der Waals surface area contributed by atoms with Crippen molar-refractivity contribution >= 4 is 34.0 Å². The van der Waals surface area contributed by atoms with Crippen LogP contribution in [0.25, 0.3) is 0 Å². The van der Waals surface area contributed by atoms with E-state index in [0.29, 0.717) is 27.8 Å². The number of para-hydroxylation sites is 2. The number of ether oxygens (including phenoxy) is 2. The Balaban J connectivity index is 1.64. The number of nitrogens with zero attached hydrogens (tertiary/aromatic N) is 2. The van der Waals surface area contributed by atoms with Crippen LogP contribution in [0, 0.1) is 0 Å². The van der Waals surface area contributed by atoms with E-state index in [1.165, 1.54) is 42.4 Å². The number of anilines is 2. The highest BCUT2D eigenvalue weighted by Crippen LogP contribution is 2.35. The van der Waals surface area contributed by atoms with Gasteiger partial charge in [-0.1, -0.05) is 24.3 Å². The van der Waals surface area contributed by atoms with E-state index in [9.17, 15) is 22.8 Å². The fraction of sp³-hybridized carbons (Fsp3) is 0.227. The Bertz CT molecular complexity index is 1100. The first-order valence-corrected chi connectivity index (χ1v) is 10.3. The summed E-state index contributed by atoms with van der Waals surface area (Å²) in [5.74, 6) is -0.371. The third-order valence-electron chi connectivity index (χ3n) is 4.38. The monoisotopic (exact) mass is 464 g/mol. The minimum absolute atomic E-state index is 0.131. The van der Waals surface area contributed by atoms with Crippen molar-refractivity contribution < 1.29 is 32.2 Å². The summed E-state index contributed by atoms with van der Waals surface area (Å²) < 4.78 is 48.4. The molecule has 1 amide bonds. The molecule has 3 aromatic rings. The summed E-state index contributed by atoms with van der Waals surface area (Å²) in [5, 5.41) is 2.04. The van der Waals surface area contributed by atoms with Gasteiger partial charge in [0.2, 0.25) is 5.91 Å². The summed E-state index contributed by atoms with van der Waals surface area (Å²) >= 11 is 1.20. The maximum Gasteiger partial charge on any atom is 0.416 e. The zero-order valence-electron chi connectivity index (χ0n) is 17.2. The lowest BCUT2D eigenvalue weighted by atomic mass is 10.1. The Morgan fingerprint density at radius 2 is 1.78 bits per heavy atom. The van der Waals surface area contributed by atoms with Gasteiger partial charge in [0.25, 0.3) is 0 Å². The van der Waals surface area contributed by atoms with Crippen LogP contribution in [-0.4, -0.2) is 24.0 Å². The van der Waals surface area contributed by atoms with Crippen LogP contribution in [-0.2, 0) is 33.5 Å². The van der Waals surface area contributed by atoms with Gasteiger partial charge in [0.05, 0.1) is 30.5 Å². The van der Waals surface area contributed by atoms with Crippen molar-refractivity contribution in [2.24, 2.45) is 0 Å². The molecule has 0 bridgehead atoms. The van der Waals surface area contributed by atoms with E-state index in [1.54, 1.807) is 29.6 Å². The SMILES string of the molecule is COc1ccccc1N(C(C)=O)c1nc(COC(=O)Cc2ccc(C(F)(F)F)cc2)cs1. The second-order valence-corrected chi connectivity index (χ2v) is 7.52. The number of rotatable bonds is 7. The molecule has 6 nitrogen and oxygen atoms in total. The molecule has 0 aliphatic carbocycles. The first-order chi connectivity index (χ1) is 15.2. The highest BCUT2D eigenvalue weighted by molar-refractivity contribution is 7.14. The smallest absolute Gasteiger partial charge is 0.416 e. The number of alkyl halides is 3. The van der Waals surface area contributed by atoms with Crippen LogP contribution in [0.4, 0.5) is 24.0 Å². The van der Waals surface area contributed by atoms with Gasteiger partial charge in [-0.2, -0.15) is 13.2 Å². The molecule has 0 spiro atoms. The molecule has 0 atom stereocenters. The van der Waals surface area contributed by atoms with Gasteiger partial charge in [-0.25, -0.2) is 4.98 Å². The molecule has 32 heavy (non-hydrogen) atoms. The van der Waals surface area contributed by atoms with E-state index in [-0.39, 0.29) is 18.9 Å². The number of amides is 1. The molecule has 0 unspecified atom stereocenters. The minimum atomic E-state index is -4.43. The Kier molecular flexibility index (Phi) is 7.14. The van der Waals surface area contributed by atoms with E-state index in [0.717, 1.165) is 12.1 Å². The molecule has 0 radical (unpaired) electrons. The molecule has 0 aliphatic rings. The van der Waals surface area contributed by atoms with E-state index in [4.69, 9.17) is 9.47 Å². The molecule has 10 heteroatoms. The van der Waals surface area contributed by atoms with E-state index >= 15 is 0 Å². The first-order valence-electron chi connectivity index (χ1n) is 9.39. The number of thiazole rings is 1. The van der Waals surface area contributed by atoms with Crippen molar-refractivity contribution in [3.63, 3.8) is 0 Å². The van der Waals surface area contributed by atoms with Crippen LogP contribution < -0.4 is 9.64 Å². The third kappa shape index (κ3) is 5.64. The lowest BCUT2D eigenvalue weighted by Gasteiger charge is -2.20. The number of carbonyl (C=O) groups excluding carboxylic acids is 2. The number of carbonyl (C=O) groups is 2. The van der Waals surface area contributed by atoms with Crippen LogP contribution in [0.3, 0.4) is 0 Å². The number of halogens is 3. The van der Waals surface area contributed by atoms with Crippen LogP contribution in [0.5, 0.6) is 5.75 Å². The number of hydrogen-bond acceptors (Lipinski definition) is 6.